The van der Waals surface area contributed by atoms with Gasteiger partial charge in [-0.3, -0.25) is 4.57 Å². The number of nitrogens with zero attached hydrogens (tertiary/aromatic N) is 2. The van der Waals surface area contributed by atoms with Crippen LogP contribution in [0.5, 0.6) is 0 Å². The van der Waals surface area contributed by atoms with E-state index >= 15 is 0 Å². The Balaban J connectivity index is 1.73. The van der Waals surface area contributed by atoms with Crippen molar-refractivity contribution in [2.45, 2.75) is 36.4 Å². The molecule has 0 aliphatic carbocycles. The van der Waals surface area contributed by atoms with Crippen LogP contribution < -0.4 is 0 Å². The number of imidazole rings is 1. The molecule has 0 spiro atoms. The van der Waals surface area contributed by atoms with E-state index in [2.05, 4.69) is 4.98 Å². The molecule has 7 heteroatoms. The highest BCUT2D eigenvalue weighted by Gasteiger charge is 2.26. The van der Waals surface area contributed by atoms with Crippen molar-refractivity contribution in [3.63, 3.8) is 0 Å². The number of fused-ring (bicyclic) bond motifs is 1. The summed E-state index contributed by atoms with van der Waals surface area (Å²) in [4.78, 5) is 16.6. The molecule has 28 heavy (non-hydrogen) atoms. The Hall–Kier alpha value is -2.35. The minimum absolute atomic E-state index is 0.0617. The quantitative estimate of drug-likeness (QED) is 0.470. The lowest BCUT2D eigenvalue weighted by atomic mass is 10.2. The SMILES string of the molecule is COC(=O)c1ccc2nc([S+]([O-])Cc3ccccc3)n(CC3CCCO3)c2c1. The molecule has 1 saturated heterocycles. The summed E-state index contributed by atoms with van der Waals surface area (Å²) in [5.74, 6) is -0.0155. The number of carbonyl (C=O) groups excluding carboxylic acids is 1. The number of ether oxygens (including phenoxy) is 2. The average Bonchev–Trinajstić information content (AvgIpc) is 3.36. The maximum atomic E-state index is 13.1. The maximum Gasteiger partial charge on any atom is 0.337 e. The number of carbonyl (C=O) groups is 1. The molecule has 1 aliphatic rings. The van der Waals surface area contributed by atoms with Gasteiger partial charge in [-0.1, -0.05) is 30.3 Å². The fourth-order valence-corrected chi connectivity index (χ4v) is 4.72. The molecule has 146 valence electrons. The van der Waals surface area contributed by atoms with Crippen molar-refractivity contribution in [3.05, 3.63) is 59.7 Å². The standard InChI is InChI=1S/C21H22N2O4S/c1-26-20(24)16-9-10-18-19(12-16)23(13-17-8-5-11-27-17)21(22-18)28(25)14-15-6-3-2-4-7-15/h2-4,6-7,9-10,12,17H,5,8,11,13-14H2,1H3. The van der Waals surface area contributed by atoms with Crippen molar-refractivity contribution >= 4 is 28.2 Å². The van der Waals surface area contributed by atoms with Crippen LogP contribution in [0, 0.1) is 0 Å². The summed E-state index contributed by atoms with van der Waals surface area (Å²) in [6.07, 6.45) is 2.04. The Morgan fingerprint density at radius 1 is 1.32 bits per heavy atom. The number of hydrogen-bond donors (Lipinski definition) is 0. The van der Waals surface area contributed by atoms with Gasteiger partial charge in [-0.05, 0) is 31.0 Å². The van der Waals surface area contributed by atoms with Gasteiger partial charge in [0, 0.05) is 23.3 Å². The van der Waals surface area contributed by atoms with Crippen LogP contribution in [-0.4, -0.2) is 39.9 Å². The van der Waals surface area contributed by atoms with E-state index in [4.69, 9.17) is 9.47 Å². The van der Waals surface area contributed by atoms with E-state index in [-0.39, 0.29) is 6.10 Å². The minimum Gasteiger partial charge on any atom is -0.609 e. The second-order valence-corrected chi connectivity index (χ2v) is 8.16. The Labute approximate surface area is 166 Å². The lowest BCUT2D eigenvalue weighted by Crippen LogP contribution is -2.20. The van der Waals surface area contributed by atoms with Crippen LogP contribution in [0.25, 0.3) is 11.0 Å². The van der Waals surface area contributed by atoms with Crippen molar-refractivity contribution < 1.29 is 18.8 Å². The maximum absolute atomic E-state index is 13.1. The van der Waals surface area contributed by atoms with Gasteiger partial charge in [-0.25, -0.2) is 4.79 Å². The van der Waals surface area contributed by atoms with Gasteiger partial charge >= 0.3 is 11.1 Å². The van der Waals surface area contributed by atoms with Gasteiger partial charge in [-0.2, -0.15) is 4.98 Å². The topological polar surface area (TPSA) is 76.4 Å². The van der Waals surface area contributed by atoms with Gasteiger partial charge in [0.1, 0.15) is 5.75 Å². The predicted octanol–water partition coefficient (Wildman–Crippen LogP) is 3.31. The van der Waals surface area contributed by atoms with Gasteiger partial charge in [0.2, 0.25) is 0 Å². The monoisotopic (exact) mass is 398 g/mol. The van der Waals surface area contributed by atoms with Crippen LogP contribution >= 0.6 is 0 Å². The Morgan fingerprint density at radius 2 is 2.14 bits per heavy atom. The average molecular weight is 398 g/mol. The number of rotatable bonds is 6. The summed E-state index contributed by atoms with van der Waals surface area (Å²) < 4.78 is 25.7. The van der Waals surface area contributed by atoms with E-state index in [1.807, 2.05) is 34.9 Å². The van der Waals surface area contributed by atoms with Crippen LogP contribution in [0.15, 0.2) is 53.7 Å². The summed E-state index contributed by atoms with van der Waals surface area (Å²) in [7, 11) is 1.36. The molecule has 6 nitrogen and oxygen atoms in total. The fraction of sp³-hybridized carbons (Fsp3) is 0.333. The summed E-state index contributed by atoms with van der Waals surface area (Å²) in [6.45, 7) is 1.31. The van der Waals surface area contributed by atoms with Crippen molar-refractivity contribution in [2.24, 2.45) is 0 Å². The molecule has 0 saturated carbocycles. The summed E-state index contributed by atoms with van der Waals surface area (Å²) >= 11 is -1.32. The molecule has 3 aromatic rings. The first-order valence-electron chi connectivity index (χ1n) is 9.28. The molecule has 0 radical (unpaired) electrons. The smallest absolute Gasteiger partial charge is 0.337 e. The van der Waals surface area contributed by atoms with Crippen molar-refractivity contribution in [3.8, 4) is 0 Å². The third-order valence-electron chi connectivity index (χ3n) is 4.89. The number of benzene rings is 2. The van der Waals surface area contributed by atoms with E-state index in [0.29, 0.717) is 28.5 Å². The van der Waals surface area contributed by atoms with E-state index in [1.54, 1.807) is 18.2 Å². The van der Waals surface area contributed by atoms with Gasteiger partial charge in [-0.15, -0.1) is 0 Å². The molecule has 2 atom stereocenters. The number of methoxy groups -OCH3 is 1. The van der Waals surface area contributed by atoms with Gasteiger partial charge in [0.25, 0.3) is 0 Å². The molecule has 0 bridgehead atoms. The molecule has 0 amide bonds. The van der Waals surface area contributed by atoms with E-state index in [1.165, 1.54) is 7.11 Å². The normalized spacial score (nSPS) is 17.7. The molecule has 1 aromatic heterocycles. The second-order valence-electron chi connectivity index (χ2n) is 6.81. The highest BCUT2D eigenvalue weighted by molar-refractivity contribution is 7.90. The van der Waals surface area contributed by atoms with Gasteiger partial charge in [0.15, 0.2) is 0 Å². The third kappa shape index (κ3) is 3.92. The zero-order chi connectivity index (χ0) is 19.5. The lowest BCUT2D eigenvalue weighted by molar-refractivity contribution is 0.0601. The highest BCUT2D eigenvalue weighted by atomic mass is 32.2. The van der Waals surface area contributed by atoms with Gasteiger partial charge in [0.05, 0.1) is 36.4 Å². The summed E-state index contributed by atoms with van der Waals surface area (Å²) in [5.41, 5.74) is 2.92. The zero-order valence-electron chi connectivity index (χ0n) is 15.7. The Kier molecular flexibility index (Phi) is 5.66. The predicted molar refractivity (Wildman–Crippen MR) is 107 cm³/mol. The van der Waals surface area contributed by atoms with Crippen molar-refractivity contribution in [2.75, 3.05) is 13.7 Å². The van der Waals surface area contributed by atoms with Crippen molar-refractivity contribution in [1.82, 2.24) is 9.55 Å². The second kappa shape index (κ2) is 8.34. The first-order chi connectivity index (χ1) is 13.7. The molecule has 4 rings (SSSR count). The van der Waals surface area contributed by atoms with Crippen LogP contribution in [0.3, 0.4) is 0 Å². The van der Waals surface area contributed by atoms with E-state index in [0.717, 1.165) is 30.5 Å². The molecular formula is C21H22N2O4S. The summed E-state index contributed by atoms with van der Waals surface area (Å²) in [6, 6.07) is 14.9. The highest BCUT2D eigenvalue weighted by Crippen LogP contribution is 2.26. The van der Waals surface area contributed by atoms with E-state index < -0.39 is 17.1 Å². The third-order valence-corrected chi connectivity index (χ3v) is 6.20. The fourth-order valence-electron chi connectivity index (χ4n) is 3.48. The molecule has 0 N–H and O–H groups in total. The largest absolute Gasteiger partial charge is 0.609 e. The minimum atomic E-state index is -1.32. The molecular weight excluding hydrogens is 376 g/mol. The first kappa shape index (κ1) is 19.0. The molecule has 1 aliphatic heterocycles. The van der Waals surface area contributed by atoms with Crippen LogP contribution in [0.4, 0.5) is 0 Å². The number of hydrogen-bond acceptors (Lipinski definition) is 5. The molecule has 2 unspecified atom stereocenters. The molecule has 2 heterocycles. The van der Waals surface area contributed by atoms with Crippen LogP contribution in [-0.2, 0) is 32.9 Å². The zero-order valence-corrected chi connectivity index (χ0v) is 16.5. The lowest BCUT2D eigenvalue weighted by Gasteiger charge is -2.15. The van der Waals surface area contributed by atoms with E-state index in [9.17, 15) is 9.35 Å². The molecule has 2 aromatic carbocycles. The van der Waals surface area contributed by atoms with Crippen molar-refractivity contribution in [1.29, 1.82) is 0 Å². The Bertz CT molecular complexity index is 967. The number of aromatic nitrogens is 2. The Morgan fingerprint density at radius 3 is 2.86 bits per heavy atom. The van der Waals surface area contributed by atoms with Gasteiger partial charge < -0.3 is 14.0 Å². The number of esters is 1. The molecule has 1 fully saturated rings. The summed E-state index contributed by atoms with van der Waals surface area (Å²) in [5, 5.41) is 0.511. The van der Waals surface area contributed by atoms with Crippen LogP contribution in [0.2, 0.25) is 0 Å². The van der Waals surface area contributed by atoms with Crippen LogP contribution in [0.1, 0.15) is 28.8 Å². The first-order valence-corrected chi connectivity index (χ1v) is 10.6.